The first-order valence-corrected chi connectivity index (χ1v) is 15.6. The van der Waals surface area contributed by atoms with Crippen LogP contribution in [0.4, 0.5) is 0 Å². The topological polar surface area (TPSA) is 51.2 Å². The van der Waals surface area contributed by atoms with Gasteiger partial charge in [-0.15, -0.1) is 0 Å². The molecule has 0 aromatic heterocycles. The highest BCUT2D eigenvalue weighted by Crippen LogP contribution is 2.40. The summed E-state index contributed by atoms with van der Waals surface area (Å²) in [7, 11) is 0. The van der Waals surface area contributed by atoms with E-state index >= 15 is 0 Å². The Balaban J connectivity index is 1.52. The maximum Gasteiger partial charge on any atom is 0.163 e. The number of Topliss-reactive ketones (excluding diaryl/α,β-unsaturated/α-hetero) is 3. The number of hydrogen-bond donors (Lipinski definition) is 0. The summed E-state index contributed by atoms with van der Waals surface area (Å²) in [6.07, 6.45) is 8.20. The molecule has 1 aliphatic rings. The third kappa shape index (κ3) is 7.91. The average molecular weight is 551 g/mol. The Kier molecular flexibility index (Phi) is 10.9. The fraction of sp³-hybridized carbons (Fsp3) is 0.447. The van der Waals surface area contributed by atoms with E-state index in [-0.39, 0.29) is 41.5 Å². The van der Waals surface area contributed by atoms with Gasteiger partial charge in [0.15, 0.2) is 5.78 Å². The molecular weight excluding hydrogens is 504 g/mol. The summed E-state index contributed by atoms with van der Waals surface area (Å²) in [5.41, 5.74) is 8.16. The summed E-state index contributed by atoms with van der Waals surface area (Å²) in [4.78, 5) is 38.2. The van der Waals surface area contributed by atoms with Crippen LogP contribution in [0.2, 0.25) is 0 Å². The van der Waals surface area contributed by atoms with Crippen LogP contribution >= 0.6 is 0 Å². The van der Waals surface area contributed by atoms with Gasteiger partial charge in [0.2, 0.25) is 0 Å². The van der Waals surface area contributed by atoms with E-state index in [4.69, 9.17) is 0 Å². The van der Waals surface area contributed by atoms with Crippen LogP contribution in [-0.4, -0.2) is 17.3 Å². The van der Waals surface area contributed by atoms with E-state index in [2.05, 4.69) is 80.6 Å². The molecule has 3 heteroatoms. The number of hydrogen-bond acceptors (Lipinski definition) is 3. The molecule has 0 N–H and O–H groups in total. The van der Waals surface area contributed by atoms with Crippen molar-refractivity contribution in [3.05, 3.63) is 94.5 Å². The highest BCUT2D eigenvalue weighted by atomic mass is 16.1. The van der Waals surface area contributed by atoms with Crippen molar-refractivity contribution in [2.75, 3.05) is 0 Å². The summed E-state index contributed by atoms with van der Waals surface area (Å²) in [5, 5.41) is 0. The van der Waals surface area contributed by atoms with Gasteiger partial charge in [0.1, 0.15) is 11.6 Å². The molecule has 0 fully saturated rings. The molecule has 3 aromatic carbocycles. The van der Waals surface area contributed by atoms with Crippen molar-refractivity contribution in [3.63, 3.8) is 0 Å². The fourth-order valence-electron chi connectivity index (χ4n) is 7.00. The zero-order chi connectivity index (χ0) is 29.4. The zero-order valence-corrected chi connectivity index (χ0v) is 25.4. The molecule has 0 saturated heterocycles. The Hall–Kier alpha value is -3.33. The average Bonchev–Trinajstić information content (AvgIpc) is 2.94. The number of carbonyl (C=O) groups excluding carboxylic acids is 3. The van der Waals surface area contributed by atoms with Crippen LogP contribution < -0.4 is 0 Å². The predicted octanol–water partition coefficient (Wildman–Crippen LogP) is 8.96. The molecule has 1 aliphatic carbocycles. The molecule has 3 unspecified atom stereocenters. The van der Waals surface area contributed by atoms with Crippen LogP contribution in [-0.2, 0) is 28.9 Å². The second kappa shape index (κ2) is 14.5. The quantitative estimate of drug-likeness (QED) is 0.188. The van der Waals surface area contributed by atoms with Crippen molar-refractivity contribution >= 4 is 17.3 Å². The lowest BCUT2D eigenvalue weighted by molar-refractivity contribution is -0.129. The van der Waals surface area contributed by atoms with Crippen LogP contribution in [0.25, 0.3) is 11.1 Å². The van der Waals surface area contributed by atoms with Gasteiger partial charge in [-0.1, -0.05) is 93.4 Å². The van der Waals surface area contributed by atoms with Crippen molar-refractivity contribution in [1.82, 2.24) is 0 Å². The first-order valence-electron chi connectivity index (χ1n) is 15.6. The van der Waals surface area contributed by atoms with Gasteiger partial charge in [-0.05, 0) is 97.6 Å². The largest absolute Gasteiger partial charge is 0.300 e. The van der Waals surface area contributed by atoms with Gasteiger partial charge in [-0.3, -0.25) is 14.4 Å². The molecule has 0 aliphatic heterocycles. The first-order chi connectivity index (χ1) is 19.8. The predicted molar refractivity (Wildman–Crippen MR) is 168 cm³/mol. The van der Waals surface area contributed by atoms with Crippen molar-refractivity contribution in [2.45, 2.75) is 91.9 Å². The lowest BCUT2D eigenvalue weighted by Gasteiger charge is -2.32. The van der Waals surface area contributed by atoms with Crippen LogP contribution in [0.15, 0.2) is 66.7 Å². The van der Waals surface area contributed by atoms with E-state index in [0.29, 0.717) is 6.42 Å². The second-order valence-corrected chi connectivity index (χ2v) is 12.2. The van der Waals surface area contributed by atoms with Gasteiger partial charge in [-0.2, -0.15) is 0 Å². The first kappa shape index (κ1) is 30.6. The third-order valence-corrected chi connectivity index (χ3v) is 8.95. The number of aryl methyl sites for hydroxylation is 3. The summed E-state index contributed by atoms with van der Waals surface area (Å²) in [6, 6.07) is 23.8. The summed E-state index contributed by atoms with van der Waals surface area (Å²) < 4.78 is 0. The number of fused-ring (bicyclic) bond motifs is 1. The minimum absolute atomic E-state index is 0.0245. The third-order valence-electron chi connectivity index (χ3n) is 8.95. The minimum atomic E-state index is -0.109. The maximum atomic E-state index is 13.5. The maximum absolute atomic E-state index is 13.5. The molecular formula is C38H46O3. The Labute approximate surface area is 246 Å². The highest BCUT2D eigenvalue weighted by molar-refractivity contribution is 6.02. The van der Waals surface area contributed by atoms with Crippen LogP contribution in [0.5, 0.6) is 0 Å². The van der Waals surface area contributed by atoms with Crippen molar-refractivity contribution in [2.24, 2.45) is 17.8 Å². The lowest BCUT2D eigenvalue weighted by Crippen LogP contribution is -2.30. The molecule has 0 heterocycles. The van der Waals surface area contributed by atoms with Crippen LogP contribution in [0.3, 0.4) is 0 Å². The molecule has 3 nitrogen and oxygen atoms in total. The summed E-state index contributed by atoms with van der Waals surface area (Å²) >= 11 is 0. The zero-order valence-electron chi connectivity index (χ0n) is 25.4. The summed E-state index contributed by atoms with van der Waals surface area (Å²) in [6.45, 7) is 7.75. The van der Waals surface area contributed by atoms with E-state index in [0.717, 1.165) is 73.6 Å². The Bertz CT molecular complexity index is 1340. The van der Waals surface area contributed by atoms with Gasteiger partial charge >= 0.3 is 0 Å². The van der Waals surface area contributed by atoms with Crippen molar-refractivity contribution < 1.29 is 14.4 Å². The van der Waals surface area contributed by atoms with Gasteiger partial charge in [0.05, 0.1) is 6.42 Å². The van der Waals surface area contributed by atoms with Gasteiger partial charge in [0, 0.05) is 17.9 Å². The van der Waals surface area contributed by atoms with Gasteiger partial charge in [-0.25, -0.2) is 0 Å². The highest BCUT2D eigenvalue weighted by Gasteiger charge is 2.34. The molecule has 0 saturated carbocycles. The molecule has 4 rings (SSSR count). The van der Waals surface area contributed by atoms with E-state index < -0.39 is 0 Å². The second-order valence-electron chi connectivity index (χ2n) is 12.2. The van der Waals surface area contributed by atoms with Crippen molar-refractivity contribution in [3.8, 4) is 11.1 Å². The molecule has 216 valence electrons. The van der Waals surface area contributed by atoms with Crippen LogP contribution in [0, 0.1) is 24.7 Å². The number of ketones is 3. The van der Waals surface area contributed by atoms with Gasteiger partial charge in [0.25, 0.3) is 0 Å². The monoisotopic (exact) mass is 550 g/mol. The van der Waals surface area contributed by atoms with E-state index in [1.54, 1.807) is 0 Å². The number of benzene rings is 3. The summed E-state index contributed by atoms with van der Waals surface area (Å²) in [5.74, 6) is 0.547. The fourth-order valence-corrected chi connectivity index (χ4v) is 7.00. The molecule has 0 spiro atoms. The molecule has 0 radical (unpaired) electrons. The van der Waals surface area contributed by atoms with E-state index in [1.807, 2.05) is 6.92 Å². The smallest absolute Gasteiger partial charge is 0.163 e. The van der Waals surface area contributed by atoms with E-state index in [1.165, 1.54) is 23.6 Å². The number of carbonyl (C=O) groups is 3. The Morgan fingerprint density at radius 3 is 2.20 bits per heavy atom. The van der Waals surface area contributed by atoms with E-state index in [9.17, 15) is 14.4 Å². The Morgan fingerprint density at radius 1 is 0.878 bits per heavy atom. The molecule has 0 amide bonds. The standard InChI is InChI=1S/C38H46O3/c1-5-11-32(33(6-2)36(40)22-27(4)39)23-30-24-35-34(21-16-26(3)38(35)37(41)25-30)31-19-17-29(18-20-31)15-10-14-28-12-8-7-9-13-28/h7-9,12-13,16-21,30,32-33H,5-6,10-11,14-15,22-25H2,1-4H3. The molecule has 3 aromatic rings. The van der Waals surface area contributed by atoms with Crippen LogP contribution in [0.1, 0.15) is 98.3 Å². The molecule has 41 heavy (non-hydrogen) atoms. The van der Waals surface area contributed by atoms with Crippen molar-refractivity contribution in [1.29, 1.82) is 0 Å². The SMILES string of the molecule is CCCC(CC1CC(=O)c2c(C)ccc(-c3ccc(CCCc4ccccc4)cc3)c2C1)C(CC)C(=O)CC(C)=O. The molecule has 3 atom stereocenters. The lowest BCUT2D eigenvalue weighted by atomic mass is 9.71. The van der Waals surface area contributed by atoms with Gasteiger partial charge < -0.3 is 0 Å². The molecule has 0 bridgehead atoms. The number of rotatable bonds is 14. The normalized spacial score (nSPS) is 16.2. The minimum Gasteiger partial charge on any atom is -0.300 e. The Morgan fingerprint density at radius 2 is 1.56 bits per heavy atom.